The van der Waals surface area contributed by atoms with Gasteiger partial charge < -0.3 is 9.53 Å². The van der Waals surface area contributed by atoms with E-state index in [1.54, 1.807) is 19.1 Å². The predicted molar refractivity (Wildman–Crippen MR) is 103 cm³/mol. The SMILES string of the molecule is [C-]#[N+]c1cc(-c2nc(C)c(C(=O)CCC(C)=O)s2)ccc1OCC(C)C. The van der Waals surface area contributed by atoms with Crippen LogP contribution < -0.4 is 4.74 Å². The minimum Gasteiger partial charge on any atom is -0.504 e. The number of thiazole rings is 1. The number of ether oxygens (including phenoxy) is 1. The topological polar surface area (TPSA) is 60.6 Å². The van der Waals surface area contributed by atoms with Crippen molar-refractivity contribution in [1.82, 2.24) is 4.98 Å². The van der Waals surface area contributed by atoms with Crippen LogP contribution in [0.3, 0.4) is 0 Å². The number of aromatic nitrogens is 1. The first kappa shape index (κ1) is 19.8. The molecule has 0 fully saturated rings. The minimum absolute atomic E-state index is 0.000530. The molecule has 0 aliphatic rings. The molecule has 0 unspecified atom stereocenters. The zero-order valence-corrected chi connectivity index (χ0v) is 16.3. The van der Waals surface area contributed by atoms with E-state index in [4.69, 9.17) is 11.3 Å². The van der Waals surface area contributed by atoms with E-state index in [0.717, 1.165) is 5.56 Å². The molecule has 0 atom stereocenters. The molecule has 0 radical (unpaired) electrons. The zero-order valence-electron chi connectivity index (χ0n) is 15.5. The van der Waals surface area contributed by atoms with E-state index in [9.17, 15) is 9.59 Å². The molecule has 0 aliphatic heterocycles. The van der Waals surface area contributed by atoms with Crippen molar-refractivity contribution in [3.63, 3.8) is 0 Å². The van der Waals surface area contributed by atoms with E-state index in [1.807, 2.05) is 6.07 Å². The van der Waals surface area contributed by atoms with Crippen molar-refractivity contribution in [1.29, 1.82) is 0 Å². The number of aryl methyl sites for hydroxylation is 1. The van der Waals surface area contributed by atoms with Gasteiger partial charge in [0, 0.05) is 18.4 Å². The Labute approximate surface area is 157 Å². The fourth-order valence-electron chi connectivity index (χ4n) is 2.30. The standard InChI is InChI=1S/C20H22N2O3S/c1-12(2)11-25-18-9-7-15(10-16(18)21-5)20-22-14(4)19(26-20)17(24)8-6-13(3)23/h7,9-10,12H,6,8,11H2,1-4H3. The lowest BCUT2D eigenvalue weighted by atomic mass is 10.1. The molecule has 0 saturated carbocycles. The van der Waals surface area contributed by atoms with Crippen LogP contribution in [0, 0.1) is 19.4 Å². The molecule has 0 saturated heterocycles. The van der Waals surface area contributed by atoms with Crippen LogP contribution in [0.15, 0.2) is 18.2 Å². The number of carbonyl (C=O) groups is 2. The lowest BCUT2D eigenvalue weighted by Crippen LogP contribution is -2.04. The molecule has 0 N–H and O–H groups in total. The molecule has 0 spiro atoms. The molecular weight excluding hydrogens is 348 g/mol. The van der Waals surface area contributed by atoms with Gasteiger partial charge in [0.15, 0.2) is 5.78 Å². The Bertz CT molecular complexity index is 862. The summed E-state index contributed by atoms with van der Waals surface area (Å²) in [7, 11) is 0. The highest BCUT2D eigenvalue weighted by molar-refractivity contribution is 7.17. The van der Waals surface area contributed by atoms with Gasteiger partial charge in [-0.25, -0.2) is 9.83 Å². The first-order valence-electron chi connectivity index (χ1n) is 8.46. The third kappa shape index (κ3) is 4.99. The van der Waals surface area contributed by atoms with Gasteiger partial charge in [0.2, 0.25) is 5.69 Å². The lowest BCUT2D eigenvalue weighted by Gasteiger charge is -2.10. The smallest absolute Gasteiger partial charge is 0.228 e. The summed E-state index contributed by atoms with van der Waals surface area (Å²) in [6.45, 7) is 15.3. The molecule has 2 aromatic rings. The second-order valence-electron chi connectivity index (χ2n) is 6.56. The molecule has 0 amide bonds. The van der Waals surface area contributed by atoms with Crippen LogP contribution in [0.1, 0.15) is 49.0 Å². The van der Waals surface area contributed by atoms with Crippen molar-refractivity contribution >= 4 is 28.6 Å². The summed E-state index contributed by atoms with van der Waals surface area (Å²) in [6, 6.07) is 5.37. The van der Waals surface area contributed by atoms with Crippen LogP contribution in [0.2, 0.25) is 0 Å². The Hall–Kier alpha value is -2.52. The van der Waals surface area contributed by atoms with Gasteiger partial charge in [0.1, 0.15) is 16.5 Å². The average molecular weight is 370 g/mol. The molecule has 1 aromatic carbocycles. The zero-order chi connectivity index (χ0) is 19.3. The van der Waals surface area contributed by atoms with E-state index in [-0.39, 0.29) is 24.4 Å². The van der Waals surface area contributed by atoms with Crippen molar-refractivity contribution in [3.05, 3.63) is 40.2 Å². The van der Waals surface area contributed by atoms with Crippen LogP contribution in [-0.4, -0.2) is 23.2 Å². The van der Waals surface area contributed by atoms with Gasteiger partial charge in [0.05, 0.1) is 23.8 Å². The Morgan fingerprint density at radius 1 is 1.31 bits per heavy atom. The normalized spacial score (nSPS) is 10.6. The van der Waals surface area contributed by atoms with Gasteiger partial charge in [-0.3, -0.25) is 4.79 Å². The number of carbonyl (C=O) groups excluding carboxylic acids is 2. The fraction of sp³-hybridized carbons (Fsp3) is 0.400. The van der Waals surface area contributed by atoms with Crippen LogP contribution in [0.4, 0.5) is 5.69 Å². The Morgan fingerprint density at radius 3 is 2.65 bits per heavy atom. The number of benzene rings is 1. The molecular formula is C20H22N2O3S. The minimum atomic E-state index is -0.0660. The highest BCUT2D eigenvalue weighted by atomic mass is 32.1. The fourth-order valence-corrected chi connectivity index (χ4v) is 3.33. The van der Waals surface area contributed by atoms with Gasteiger partial charge in [-0.05, 0) is 31.9 Å². The summed E-state index contributed by atoms with van der Waals surface area (Å²) in [5.74, 6) is 0.866. The number of ketones is 2. The number of nitrogens with zero attached hydrogens (tertiary/aromatic N) is 2. The van der Waals surface area contributed by atoms with E-state index >= 15 is 0 Å². The summed E-state index contributed by atoms with van der Waals surface area (Å²) < 4.78 is 5.69. The highest BCUT2D eigenvalue weighted by Gasteiger charge is 2.17. The molecule has 5 nitrogen and oxygen atoms in total. The molecule has 136 valence electrons. The summed E-state index contributed by atoms with van der Waals surface area (Å²) in [5, 5.41) is 0.689. The summed E-state index contributed by atoms with van der Waals surface area (Å²) in [4.78, 5) is 32.0. The average Bonchev–Trinajstić information content (AvgIpc) is 2.99. The predicted octanol–water partition coefficient (Wildman–Crippen LogP) is 5.26. The van der Waals surface area contributed by atoms with Crippen molar-refractivity contribution in [2.75, 3.05) is 6.61 Å². The Morgan fingerprint density at radius 2 is 2.04 bits per heavy atom. The molecule has 0 bridgehead atoms. The van der Waals surface area contributed by atoms with Crippen molar-refractivity contribution in [2.24, 2.45) is 5.92 Å². The monoisotopic (exact) mass is 370 g/mol. The van der Waals surface area contributed by atoms with Gasteiger partial charge in [-0.2, -0.15) is 0 Å². The number of rotatable bonds is 8. The summed E-state index contributed by atoms with van der Waals surface area (Å²) >= 11 is 1.30. The van der Waals surface area contributed by atoms with Crippen molar-refractivity contribution in [2.45, 2.75) is 40.5 Å². The molecule has 6 heteroatoms. The van der Waals surface area contributed by atoms with Gasteiger partial charge >= 0.3 is 0 Å². The van der Waals surface area contributed by atoms with E-state index in [0.29, 0.717) is 39.5 Å². The molecule has 2 rings (SSSR count). The van der Waals surface area contributed by atoms with Crippen LogP contribution in [-0.2, 0) is 4.79 Å². The second-order valence-corrected chi connectivity index (χ2v) is 7.56. The Balaban J connectivity index is 2.26. The second kappa shape index (κ2) is 8.72. The molecule has 0 aliphatic carbocycles. The first-order chi connectivity index (χ1) is 12.3. The van der Waals surface area contributed by atoms with E-state index in [2.05, 4.69) is 23.7 Å². The number of hydrogen-bond donors (Lipinski definition) is 0. The maximum Gasteiger partial charge on any atom is 0.228 e. The lowest BCUT2D eigenvalue weighted by molar-refractivity contribution is -0.116. The summed E-state index contributed by atoms with van der Waals surface area (Å²) in [6.07, 6.45) is 0.447. The van der Waals surface area contributed by atoms with Crippen LogP contribution in [0.5, 0.6) is 5.75 Å². The van der Waals surface area contributed by atoms with Gasteiger partial charge in [0.25, 0.3) is 0 Å². The third-order valence-corrected chi connectivity index (χ3v) is 4.90. The van der Waals surface area contributed by atoms with Crippen LogP contribution >= 0.6 is 11.3 Å². The maximum atomic E-state index is 12.3. The highest BCUT2D eigenvalue weighted by Crippen LogP contribution is 2.36. The van der Waals surface area contributed by atoms with E-state index < -0.39 is 0 Å². The third-order valence-electron chi connectivity index (χ3n) is 3.65. The number of hydrogen-bond acceptors (Lipinski definition) is 5. The van der Waals surface area contributed by atoms with Crippen molar-refractivity contribution < 1.29 is 14.3 Å². The number of Topliss-reactive ketones (excluding diaryl/α,β-unsaturated/α-hetero) is 2. The molecule has 26 heavy (non-hydrogen) atoms. The molecule has 1 aromatic heterocycles. The largest absolute Gasteiger partial charge is 0.504 e. The first-order valence-corrected chi connectivity index (χ1v) is 9.28. The van der Waals surface area contributed by atoms with E-state index in [1.165, 1.54) is 18.3 Å². The molecule has 1 heterocycles. The van der Waals surface area contributed by atoms with Crippen LogP contribution in [0.25, 0.3) is 15.4 Å². The van der Waals surface area contributed by atoms with Crippen molar-refractivity contribution in [3.8, 4) is 16.3 Å². The summed E-state index contributed by atoms with van der Waals surface area (Å²) in [5.41, 5.74) is 1.87. The maximum absolute atomic E-state index is 12.3. The quantitative estimate of drug-likeness (QED) is 0.470. The van der Waals surface area contributed by atoms with Gasteiger partial charge in [-0.15, -0.1) is 11.3 Å². The van der Waals surface area contributed by atoms with Gasteiger partial charge in [-0.1, -0.05) is 19.9 Å². The Kier molecular flexibility index (Phi) is 6.64.